The van der Waals surface area contributed by atoms with Crippen LogP contribution in [-0.2, 0) is 9.84 Å². The summed E-state index contributed by atoms with van der Waals surface area (Å²) in [5, 5.41) is 2.94. The molecule has 1 N–H and O–H groups in total. The number of nitrogens with zero attached hydrogens (tertiary/aromatic N) is 1. The molecule has 0 bridgehead atoms. The normalized spacial score (nSPS) is 23.7. The van der Waals surface area contributed by atoms with Gasteiger partial charge in [-0.3, -0.25) is 4.79 Å². The molecule has 1 aromatic rings. The maximum atomic E-state index is 12.7. The average Bonchev–Trinajstić information content (AvgIpc) is 3.00. The van der Waals surface area contributed by atoms with Crippen LogP contribution in [0, 0.1) is 6.92 Å². The Morgan fingerprint density at radius 1 is 1.22 bits per heavy atom. The smallest absolute Gasteiger partial charge is 0.253 e. The molecular weight excluding hydrogens is 312 g/mol. The first-order chi connectivity index (χ1) is 10.9. The number of hydrogen-bond donors (Lipinski definition) is 1. The van der Waals surface area contributed by atoms with Gasteiger partial charge in [-0.25, -0.2) is 8.42 Å². The number of nitrogens with one attached hydrogen (secondary N) is 1. The topological polar surface area (TPSA) is 66.5 Å². The summed E-state index contributed by atoms with van der Waals surface area (Å²) in [5.41, 5.74) is 2.66. The Morgan fingerprint density at radius 3 is 2.65 bits per heavy atom. The summed E-state index contributed by atoms with van der Waals surface area (Å²) in [5.74, 6) is 0.143. The second-order valence-corrected chi connectivity index (χ2v) is 8.87. The Hall–Kier alpha value is -1.56. The van der Waals surface area contributed by atoms with E-state index in [0.717, 1.165) is 43.6 Å². The van der Waals surface area contributed by atoms with E-state index in [2.05, 4.69) is 10.2 Å². The monoisotopic (exact) mass is 336 g/mol. The minimum atomic E-state index is -3.02. The Kier molecular flexibility index (Phi) is 4.62. The van der Waals surface area contributed by atoms with Gasteiger partial charge < -0.3 is 10.2 Å². The predicted octanol–water partition coefficient (Wildman–Crippen LogP) is 1.90. The minimum absolute atomic E-state index is 0.0591. The molecule has 1 atom stereocenters. The Bertz CT molecular complexity index is 694. The molecule has 2 fully saturated rings. The van der Waals surface area contributed by atoms with Crippen molar-refractivity contribution >= 4 is 21.4 Å². The van der Waals surface area contributed by atoms with Crippen molar-refractivity contribution in [2.75, 3.05) is 29.5 Å². The molecule has 2 heterocycles. The van der Waals surface area contributed by atoms with Gasteiger partial charge in [0.15, 0.2) is 9.84 Å². The highest BCUT2D eigenvalue weighted by Crippen LogP contribution is 2.26. The summed E-state index contributed by atoms with van der Waals surface area (Å²) in [4.78, 5) is 15.0. The van der Waals surface area contributed by atoms with Crippen molar-refractivity contribution in [2.45, 2.75) is 38.6 Å². The fourth-order valence-corrected chi connectivity index (χ4v) is 5.10. The van der Waals surface area contributed by atoms with Crippen molar-refractivity contribution in [3.8, 4) is 0 Å². The second kappa shape index (κ2) is 6.51. The van der Waals surface area contributed by atoms with Crippen molar-refractivity contribution in [3.05, 3.63) is 29.3 Å². The Labute approximate surface area is 138 Å². The number of anilines is 1. The first-order valence-corrected chi connectivity index (χ1v) is 10.1. The first kappa shape index (κ1) is 16.3. The van der Waals surface area contributed by atoms with Crippen molar-refractivity contribution < 1.29 is 13.2 Å². The molecule has 0 saturated carbocycles. The van der Waals surface area contributed by atoms with Crippen molar-refractivity contribution in [3.63, 3.8) is 0 Å². The van der Waals surface area contributed by atoms with Gasteiger partial charge in [0, 0.05) is 24.8 Å². The maximum Gasteiger partial charge on any atom is 0.253 e. The Morgan fingerprint density at radius 2 is 1.96 bits per heavy atom. The lowest BCUT2D eigenvalue weighted by Gasteiger charge is -2.25. The second-order valence-electron chi connectivity index (χ2n) is 6.64. The summed E-state index contributed by atoms with van der Waals surface area (Å²) in [6.45, 7) is 3.91. The van der Waals surface area contributed by atoms with Crippen LogP contribution in [0.25, 0.3) is 0 Å². The van der Waals surface area contributed by atoms with Crippen LogP contribution in [0.15, 0.2) is 18.2 Å². The third-order valence-corrected chi connectivity index (χ3v) is 6.46. The molecule has 23 heavy (non-hydrogen) atoms. The van der Waals surface area contributed by atoms with Gasteiger partial charge in [0.05, 0.1) is 17.1 Å². The molecule has 0 spiro atoms. The Balaban J connectivity index is 1.80. The highest BCUT2D eigenvalue weighted by molar-refractivity contribution is 7.91. The van der Waals surface area contributed by atoms with E-state index in [-0.39, 0.29) is 23.5 Å². The minimum Gasteiger partial charge on any atom is -0.371 e. The van der Waals surface area contributed by atoms with E-state index >= 15 is 0 Å². The predicted molar refractivity (Wildman–Crippen MR) is 91.8 cm³/mol. The van der Waals surface area contributed by atoms with Crippen LogP contribution in [-0.4, -0.2) is 45.0 Å². The quantitative estimate of drug-likeness (QED) is 0.915. The molecule has 2 saturated heterocycles. The lowest BCUT2D eigenvalue weighted by molar-refractivity contribution is 0.0938. The molecule has 5 nitrogen and oxygen atoms in total. The van der Waals surface area contributed by atoms with Gasteiger partial charge in [0.2, 0.25) is 0 Å². The van der Waals surface area contributed by atoms with Gasteiger partial charge in [0.25, 0.3) is 5.91 Å². The molecule has 0 aliphatic carbocycles. The van der Waals surface area contributed by atoms with Gasteiger partial charge in [-0.15, -0.1) is 0 Å². The molecule has 0 aromatic heterocycles. The molecule has 2 aliphatic heterocycles. The van der Waals surface area contributed by atoms with Gasteiger partial charge in [-0.1, -0.05) is 11.6 Å². The number of sulfone groups is 1. The number of benzene rings is 1. The van der Waals surface area contributed by atoms with Crippen LogP contribution >= 0.6 is 0 Å². The molecule has 2 aliphatic rings. The molecular formula is C17H24N2O3S. The summed E-state index contributed by atoms with van der Waals surface area (Å²) in [6.07, 6.45) is 3.65. The molecule has 126 valence electrons. The third kappa shape index (κ3) is 3.86. The van der Waals surface area contributed by atoms with Gasteiger partial charge in [-0.2, -0.15) is 0 Å². The number of rotatable bonds is 3. The third-order valence-electron chi connectivity index (χ3n) is 4.64. The van der Waals surface area contributed by atoms with E-state index in [0.29, 0.717) is 12.0 Å². The van der Waals surface area contributed by atoms with Crippen LogP contribution in [0.2, 0.25) is 0 Å². The lowest BCUT2D eigenvalue weighted by atomic mass is 10.1. The summed E-state index contributed by atoms with van der Waals surface area (Å²) < 4.78 is 23.5. The molecule has 0 radical (unpaired) electrons. The van der Waals surface area contributed by atoms with Gasteiger partial charge in [0.1, 0.15) is 0 Å². The number of aryl methyl sites for hydroxylation is 1. The highest BCUT2D eigenvalue weighted by atomic mass is 32.2. The fraction of sp³-hybridized carbons (Fsp3) is 0.588. The standard InChI is InChI=1S/C17H24N2O3S/c1-13-6-7-16(19-8-2-3-9-19)15(11-13)17(20)18-14-5-4-10-23(21,22)12-14/h6-7,11,14H,2-5,8-10,12H2,1H3,(H,18,20)/t14-/m1/s1. The van der Waals surface area contributed by atoms with Crippen LogP contribution in [0.4, 0.5) is 5.69 Å². The van der Waals surface area contributed by atoms with Crippen LogP contribution in [0.5, 0.6) is 0 Å². The number of hydrogen-bond acceptors (Lipinski definition) is 4. The number of carbonyl (C=O) groups is 1. The van der Waals surface area contributed by atoms with Crippen LogP contribution in [0.3, 0.4) is 0 Å². The van der Waals surface area contributed by atoms with E-state index in [1.54, 1.807) is 0 Å². The average molecular weight is 336 g/mol. The zero-order chi connectivity index (χ0) is 16.4. The SMILES string of the molecule is Cc1ccc(N2CCCC2)c(C(=O)N[C@@H]2CCCS(=O)(=O)C2)c1. The number of carbonyl (C=O) groups excluding carboxylic acids is 1. The van der Waals surface area contributed by atoms with E-state index < -0.39 is 9.84 Å². The summed E-state index contributed by atoms with van der Waals surface area (Å²) >= 11 is 0. The van der Waals surface area contributed by atoms with Crippen molar-refractivity contribution in [1.82, 2.24) is 5.32 Å². The van der Waals surface area contributed by atoms with E-state index in [4.69, 9.17) is 0 Å². The maximum absolute atomic E-state index is 12.7. The van der Waals surface area contributed by atoms with E-state index in [1.807, 2.05) is 25.1 Å². The van der Waals surface area contributed by atoms with E-state index in [9.17, 15) is 13.2 Å². The molecule has 0 unspecified atom stereocenters. The van der Waals surface area contributed by atoms with Crippen molar-refractivity contribution in [1.29, 1.82) is 0 Å². The highest BCUT2D eigenvalue weighted by Gasteiger charge is 2.27. The zero-order valence-corrected chi connectivity index (χ0v) is 14.4. The molecule has 1 aromatic carbocycles. The number of amides is 1. The van der Waals surface area contributed by atoms with Gasteiger partial charge >= 0.3 is 0 Å². The van der Waals surface area contributed by atoms with Gasteiger partial charge in [-0.05, 0) is 44.7 Å². The lowest BCUT2D eigenvalue weighted by Crippen LogP contribution is -2.43. The fourth-order valence-electron chi connectivity index (χ4n) is 3.47. The molecule has 3 rings (SSSR count). The van der Waals surface area contributed by atoms with Crippen LogP contribution < -0.4 is 10.2 Å². The largest absolute Gasteiger partial charge is 0.371 e. The molecule has 6 heteroatoms. The van der Waals surface area contributed by atoms with Crippen molar-refractivity contribution in [2.24, 2.45) is 0 Å². The summed E-state index contributed by atoms with van der Waals surface area (Å²) in [7, 11) is -3.02. The first-order valence-electron chi connectivity index (χ1n) is 8.31. The summed E-state index contributed by atoms with van der Waals surface area (Å²) in [6, 6.07) is 5.66. The van der Waals surface area contributed by atoms with Crippen LogP contribution in [0.1, 0.15) is 41.6 Å². The molecule has 1 amide bonds. The zero-order valence-electron chi connectivity index (χ0n) is 13.5. The van der Waals surface area contributed by atoms with E-state index in [1.165, 1.54) is 0 Å².